The normalized spacial score (nSPS) is 19.9. The lowest BCUT2D eigenvalue weighted by Gasteiger charge is -2.20. The summed E-state index contributed by atoms with van der Waals surface area (Å²) in [6, 6.07) is 6.40. The molecular weight excluding hydrogens is 261 g/mol. The molecule has 1 N–H and O–H groups in total. The van der Waals surface area contributed by atoms with Gasteiger partial charge >= 0.3 is 5.97 Å². The Bertz CT molecular complexity index is 518. The third-order valence-corrected chi connectivity index (χ3v) is 3.75. The van der Waals surface area contributed by atoms with Gasteiger partial charge in [-0.05, 0) is 24.5 Å². The highest BCUT2D eigenvalue weighted by Gasteiger charge is 2.32. The van der Waals surface area contributed by atoms with Crippen LogP contribution in [-0.2, 0) is 16.0 Å². The summed E-state index contributed by atoms with van der Waals surface area (Å²) in [6.45, 7) is 2.48. The molecule has 1 aromatic rings. The summed E-state index contributed by atoms with van der Waals surface area (Å²) < 4.78 is 13.6. The number of halogens is 1. The molecule has 1 saturated heterocycles. The van der Waals surface area contributed by atoms with E-state index in [1.54, 1.807) is 30.0 Å². The summed E-state index contributed by atoms with van der Waals surface area (Å²) in [5.41, 5.74) is 0.516. The Morgan fingerprint density at radius 2 is 2.15 bits per heavy atom. The number of nitrogens with zero attached hydrogens (tertiary/aromatic N) is 1. The minimum absolute atomic E-state index is 0.1000. The third-order valence-electron chi connectivity index (χ3n) is 3.75. The molecule has 0 spiro atoms. The SMILES string of the molecule is CC(Cc1ccccc1F)C(=O)N1CCC(C(=O)O)C1. The first-order valence-corrected chi connectivity index (χ1v) is 6.74. The van der Waals surface area contributed by atoms with Gasteiger partial charge < -0.3 is 10.0 Å². The molecule has 108 valence electrons. The van der Waals surface area contributed by atoms with Gasteiger partial charge in [-0.1, -0.05) is 25.1 Å². The summed E-state index contributed by atoms with van der Waals surface area (Å²) in [7, 11) is 0. The van der Waals surface area contributed by atoms with Crippen LogP contribution in [0.25, 0.3) is 0 Å². The van der Waals surface area contributed by atoms with E-state index >= 15 is 0 Å². The molecule has 2 rings (SSSR count). The number of hydrogen-bond acceptors (Lipinski definition) is 2. The van der Waals surface area contributed by atoms with Crippen LogP contribution in [0.15, 0.2) is 24.3 Å². The molecule has 0 bridgehead atoms. The first-order valence-electron chi connectivity index (χ1n) is 6.74. The highest BCUT2D eigenvalue weighted by Crippen LogP contribution is 2.21. The fourth-order valence-electron chi connectivity index (χ4n) is 2.55. The molecule has 4 nitrogen and oxygen atoms in total. The van der Waals surface area contributed by atoms with E-state index < -0.39 is 11.9 Å². The maximum atomic E-state index is 13.6. The molecule has 1 heterocycles. The molecule has 5 heteroatoms. The lowest BCUT2D eigenvalue weighted by Crippen LogP contribution is -2.35. The quantitative estimate of drug-likeness (QED) is 0.916. The number of carbonyl (C=O) groups excluding carboxylic acids is 1. The second-order valence-corrected chi connectivity index (χ2v) is 5.30. The van der Waals surface area contributed by atoms with Crippen molar-refractivity contribution < 1.29 is 19.1 Å². The number of carboxylic acid groups (broad SMARTS) is 1. The molecule has 20 heavy (non-hydrogen) atoms. The van der Waals surface area contributed by atoms with Gasteiger partial charge in [0.1, 0.15) is 5.82 Å². The molecule has 1 aliphatic heterocycles. The number of carboxylic acids is 1. The third kappa shape index (κ3) is 3.15. The van der Waals surface area contributed by atoms with Crippen LogP contribution in [0.5, 0.6) is 0 Å². The summed E-state index contributed by atoms with van der Waals surface area (Å²) in [5.74, 6) is -2.09. The number of hydrogen-bond donors (Lipinski definition) is 1. The maximum Gasteiger partial charge on any atom is 0.308 e. The lowest BCUT2D eigenvalue weighted by molar-refractivity contribution is -0.141. The van der Waals surface area contributed by atoms with E-state index in [9.17, 15) is 14.0 Å². The van der Waals surface area contributed by atoms with Crippen LogP contribution >= 0.6 is 0 Å². The minimum atomic E-state index is -0.859. The van der Waals surface area contributed by atoms with Gasteiger partial charge in [0.2, 0.25) is 5.91 Å². The predicted molar refractivity (Wildman–Crippen MR) is 71.6 cm³/mol. The Morgan fingerprint density at radius 1 is 1.45 bits per heavy atom. The standard InChI is InChI=1S/C15H18FNO3/c1-10(8-11-4-2-3-5-13(11)16)14(18)17-7-6-12(9-17)15(19)20/h2-5,10,12H,6-9H2,1H3,(H,19,20). The topological polar surface area (TPSA) is 57.6 Å². The molecule has 2 unspecified atom stereocenters. The number of carbonyl (C=O) groups is 2. The average Bonchev–Trinajstić information content (AvgIpc) is 2.90. The van der Waals surface area contributed by atoms with Crippen molar-refractivity contribution in [1.82, 2.24) is 4.90 Å². The van der Waals surface area contributed by atoms with Gasteiger partial charge in [-0.3, -0.25) is 9.59 Å². The summed E-state index contributed by atoms with van der Waals surface area (Å²) >= 11 is 0. The molecule has 2 atom stereocenters. The summed E-state index contributed by atoms with van der Waals surface area (Å²) in [4.78, 5) is 24.7. The number of rotatable bonds is 4. The fourth-order valence-corrected chi connectivity index (χ4v) is 2.55. The van der Waals surface area contributed by atoms with Crippen molar-refractivity contribution in [2.45, 2.75) is 19.8 Å². The van der Waals surface area contributed by atoms with Crippen LogP contribution in [-0.4, -0.2) is 35.0 Å². The molecular formula is C15H18FNO3. The van der Waals surface area contributed by atoms with Gasteiger partial charge in [0.15, 0.2) is 0 Å². The van der Waals surface area contributed by atoms with Crippen LogP contribution < -0.4 is 0 Å². The van der Waals surface area contributed by atoms with Gasteiger partial charge in [-0.25, -0.2) is 4.39 Å². The molecule has 1 amide bonds. The van der Waals surface area contributed by atoms with Gasteiger partial charge in [0.05, 0.1) is 5.92 Å². The Labute approximate surface area is 117 Å². The fraction of sp³-hybridized carbons (Fsp3) is 0.467. The monoisotopic (exact) mass is 279 g/mol. The molecule has 0 saturated carbocycles. The van der Waals surface area contributed by atoms with Gasteiger partial charge in [-0.15, -0.1) is 0 Å². The second-order valence-electron chi connectivity index (χ2n) is 5.30. The van der Waals surface area contributed by atoms with E-state index in [-0.39, 0.29) is 24.2 Å². The average molecular weight is 279 g/mol. The number of aliphatic carboxylic acids is 1. The van der Waals surface area contributed by atoms with Crippen molar-refractivity contribution in [3.05, 3.63) is 35.6 Å². The first-order chi connectivity index (χ1) is 9.49. The van der Waals surface area contributed by atoms with Crippen LogP contribution in [0.3, 0.4) is 0 Å². The van der Waals surface area contributed by atoms with Crippen molar-refractivity contribution in [2.75, 3.05) is 13.1 Å². The smallest absolute Gasteiger partial charge is 0.308 e. The molecule has 1 aromatic carbocycles. The highest BCUT2D eigenvalue weighted by atomic mass is 19.1. The van der Waals surface area contributed by atoms with Crippen LogP contribution in [0.2, 0.25) is 0 Å². The van der Waals surface area contributed by atoms with Gasteiger partial charge in [0.25, 0.3) is 0 Å². The van der Waals surface area contributed by atoms with Crippen molar-refractivity contribution >= 4 is 11.9 Å². The zero-order valence-electron chi connectivity index (χ0n) is 11.4. The molecule has 0 radical (unpaired) electrons. The Kier molecular flexibility index (Phi) is 4.37. The van der Waals surface area contributed by atoms with Crippen LogP contribution in [0.4, 0.5) is 4.39 Å². The van der Waals surface area contributed by atoms with Crippen LogP contribution in [0.1, 0.15) is 18.9 Å². The summed E-state index contributed by atoms with van der Waals surface area (Å²) in [5, 5.41) is 8.94. The highest BCUT2D eigenvalue weighted by molar-refractivity contribution is 5.80. The predicted octanol–water partition coefficient (Wildman–Crippen LogP) is 1.94. The van der Waals surface area contributed by atoms with E-state index in [0.717, 1.165) is 0 Å². The zero-order valence-corrected chi connectivity index (χ0v) is 11.4. The minimum Gasteiger partial charge on any atom is -0.481 e. The maximum absolute atomic E-state index is 13.6. The summed E-state index contributed by atoms with van der Waals surface area (Å²) in [6.07, 6.45) is 0.827. The van der Waals surface area contributed by atoms with Crippen molar-refractivity contribution in [1.29, 1.82) is 0 Å². The number of amides is 1. The van der Waals surface area contributed by atoms with E-state index in [1.165, 1.54) is 6.07 Å². The van der Waals surface area contributed by atoms with Crippen molar-refractivity contribution in [2.24, 2.45) is 11.8 Å². The van der Waals surface area contributed by atoms with E-state index in [2.05, 4.69) is 0 Å². The lowest BCUT2D eigenvalue weighted by atomic mass is 9.99. The van der Waals surface area contributed by atoms with Gasteiger partial charge in [0, 0.05) is 19.0 Å². The zero-order chi connectivity index (χ0) is 14.7. The van der Waals surface area contributed by atoms with E-state index in [1.807, 2.05) is 0 Å². The second kappa shape index (κ2) is 6.03. The van der Waals surface area contributed by atoms with Gasteiger partial charge in [-0.2, -0.15) is 0 Å². The molecule has 0 aliphatic carbocycles. The first kappa shape index (κ1) is 14.5. The molecule has 0 aromatic heterocycles. The number of benzene rings is 1. The van der Waals surface area contributed by atoms with Crippen molar-refractivity contribution in [3.63, 3.8) is 0 Å². The Balaban J connectivity index is 1.96. The largest absolute Gasteiger partial charge is 0.481 e. The molecule has 1 aliphatic rings. The van der Waals surface area contributed by atoms with Crippen molar-refractivity contribution in [3.8, 4) is 0 Å². The van der Waals surface area contributed by atoms with Crippen LogP contribution in [0, 0.1) is 17.7 Å². The number of likely N-dealkylation sites (tertiary alicyclic amines) is 1. The Hall–Kier alpha value is -1.91. The van der Waals surface area contributed by atoms with E-state index in [0.29, 0.717) is 24.9 Å². The van der Waals surface area contributed by atoms with E-state index in [4.69, 9.17) is 5.11 Å². The Morgan fingerprint density at radius 3 is 2.75 bits per heavy atom. The molecule has 1 fully saturated rings.